The third-order valence-electron chi connectivity index (χ3n) is 4.20. The van der Waals surface area contributed by atoms with Crippen LogP contribution in [-0.2, 0) is 0 Å². The zero-order valence-electron chi connectivity index (χ0n) is 62.8. The van der Waals surface area contributed by atoms with Crippen LogP contribution in [-0.4, -0.2) is 39.9 Å². The van der Waals surface area contributed by atoms with Gasteiger partial charge in [-0.2, -0.15) is 22.7 Å². The average molecular weight is 1310 g/mol. The van der Waals surface area contributed by atoms with Crippen LogP contribution in [0.15, 0.2) is 231 Å². The van der Waals surface area contributed by atoms with Crippen molar-refractivity contribution in [1.82, 2.24) is 39.9 Å². The van der Waals surface area contributed by atoms with Gasteiger partial charge in [0.2, 0.25) is 0 Å². The van der Waals surface area contributed by atoms with Gasteiger partial charge in [0.25, 0.3) is 0 Å². The van der Waals surface area contributed by atoms with Crippen LogP contribution in [0.2, 0.25) is 0 Å². The number of thiazole rings is 1. The number of nitrogens with zero attached hydrogens (tertiary/aromatic N) is 4. The molecule has 0 saturated heterocycles. The normalized spacial score (nSPS) is 8.44. The first kappa shape index (κ1) is 105. The topological polar surface area (TPSA) is 154 Å². The SMILES string of the molecule is CC(C)C.CC(C)C.CC(C)C.CC(C)C.CC(C)C.CC(C)C.CC(C)C.CC(C)C.CC(C)C.CC(C)C.c1c[nH]cn1.c1c[nH]cn1.c1cc[nH]c1.c1cc[nH]c1.c1ccoc1.c1ccoc1.c1ccsc1.c1ccsc1.c1cocn1.c1cscn1. The summed E-state index contributed by atoms with van der Waals surface area (Å²) in [4.78, 5) is 25.9. The van der Waals surface area contributed by atoms with Gasteiger partial charge in [-0.15, -0.1) is 11.3 Å². The summed E-state index contributed by atoms with van der Waals surface area (Å²) in [6, 6.07) is 23.2. The number of oxazole rings is 1. The van der Waals surface area contributed by atoms with E-state index in [-0.39, 0.29) is 0 Å². The Balaban J connectivity index is -0.0000000937. The van der Waals surface area contributed by atoms with Crippen molar-refractivity contribution in [3.8, 4) is 0 Å². The van der Waals surface area contributed by atoms with Crippen LogP contribution >= 0.6 is 34.0 Å². The molecule has 0 radical (unpaired) electrons. The first-order valence-corrected chi connectivity index (χ1v) is 34.7. The van der Waals surface area contributed by atoms with Gasteiger partial charge in [-0.3, -0.25) is 4.98 Å². The number of hydrogen-bond acceptors (Lipinski definition) is 10. The zero-order chi connectivity index (χ0) is 71.1. The summed E-state index contributed by atoms with van der Waals surface area (Å²) in [6.07, 6.45) is 30.4. The second-order valence-corrected chi connectivity index (χ2v) is 27.5. The number of hydrogen-bond donors (Lipinski definition) is 4. The molecule has 0 saturated carbocycles. The summed E-state index contributed by atoms with van der Waals surface area (Å²) in [6.45, 7) is 65.0. The number of aromatic nitrogens is 8. The average Bonchev–Trinajstić information content (AvgIpc) is 4.30. The molecule has 0 aliphatic heterocycles. The Hall–Kier alpha value is -6.22. The van der Waals surface area contributed by atoms with Crippen molar-refractivity contribution in [2.24, 2.45) is 59.2 Å². The maximum atomic E-state index is 4.58. The van der Waals surface area contributed by atoms with Gasteiger partial charge in [0.1, 0.15) is 6.26 Å². The molecule has 10 aromatic rings. The Bertz CT molecular complexity index is 1450. The highest BCUT2D eigenvalue weighted by Crippen LogP contribution is 1.93. The standard InChI is InChI=1S/2C4H5N.2C4H4O.2C4H4S.10C4H10.2C3H4N2.C3H3NO.C3H3NS/c6*1-2-4-5-3-1;10*1-4(2)3;4*1-2-5-3-4-1/h2*1-5H;4*1-4H;10*4H,1-3H3;2*1-3H,(H,4,5);2*1-3H. The van der Waals surface area contributed by atoms with Crippen molar-refractivity contribution < 1.29 is 13.3 Å². The largest absolute Gasteiger partial charge is 0.473 e. The molecular weight excluding hydrogens is 1170 g/mol. The van der Waals surface area contributed by atoms with Gasteiger partial charge in [-0.1, -0.05) is 232 Å². The summed E-state index contributed by atoms with van der Waals surface area (Å²) in [5.41, 5.74) is 1.79. The third-order valence-corrected chi connectivity index (χ3v) is 5.98. The molecule has 0 aliphatic rings. The molecule has 0 spiro atoms. The van der Waals surface area contributed by atoms with E-state index in [2.05, 4.69) is 261 Å². The van der Waals surface area contributed by atoms with Crippen LogP contribution < -0.4 is 0 Å². The molecule has 0 atom stereocenters. The van der Waals surface area contributed by atoms with Crippen LogP contribution in [0.4, 0.5) is 0 Å². The van der Waals surface area contributed by atoms with Gasteiger partial charge in [0, 0.05) is 61.2 Å². The van der Waals surface area contributed by atoms with Crippen LogP contribution in [0.3, 0.4) is 0 Å². The van der Waals surface area contributed by atoms with E-state index in [4.69, 9.17) is 0 Å². The number of aromatic amines is 4. The molecule has 10 heterocycles. The molecule has 4 N–H and O–H groups in total. The Labute approximate surface area is 568 Å². The Kier molecular flexibility index (Phi) is 119. The molecular formula is C76H140N8O3S3. The molecule has 0 fully saturated rings. The van der Waals surface area contributed by atoms with E-state index >= 15 is 0 Å². The van der Waals surface area contributed by atoms with Crippen LogP contribution in [0.5, 0.6) is 0 Å². The number of nitrogens with one attached hydrogen (secondary N) is 4. The van der Waals surface area contributed by atoms with E-state index in [0.29, 0.717) is 0 Å². The number of rotatable bonds is 0. The van der Waals surface area contributed by atoms with E-state index < -0.39 is 0 Å². The van der Waals surface area contributed by atoms with Gasteiger partial charge in [-0.25, -0.2) is 15.0 Å². The number of imidazole rings is 2. The van der Waals surface area contributed by atoms with Gasteiger partial charge < -0.3 is 33.2 Å². The number of H-pyrrole nitrogens is 4. The van der Waals surface area contributed by atoms with Crippen molar-refractivity contribution in [1.29, 1.82) is 0 Å². The summed E-state index contributed by atoms with van der Waals surface area (Å²) in [5.74, 6) is 8.33. The molecule has 0 aromatic carbocycles. The van der Waals surface area contributed by atoms with Gasteiger partial charge >= 0.3 is 0 Å². The quantitative estimate of drug-likeness (QED) is 0.118. The summed E-state index contributed by atoms with van der Waals surface area (Å²) in [5, 5.41) is 10.1. The maximum absolute atomic E-state index is 4.58. The molecule has 0 unspecified atom stereocenters. The summed E-state index contributed by atoms with van der Waals surface area (Å²) >= 11 is 5.03. The zero-order valence-corrected chi connectivity index (χ0v) is 65.2. The maximum Gasteiger partial charge on any atom is 0.180 e. The monoisotopic (exact) mass is 1310 g/mol. The highest BCUT2D eigenvalue weighted by atomic mass is 32.1. The fourth-order valence-electron chi connectivity index (χ4n) is 2.24. The van der Waals surface area contributed by atoms with Crippen molar-refractivity contribution in [3.63, 3.8) is 0 Å². The second-order valence-electron chi connectivity index (χ2n) is 25.1. The van der Waals surface area contributed by atoms with E-state index in [1.54, 1.807) is 114 Å². The van der Waals surface area contributed by atoms with Crippen molar-refractivity contribution in [2.45, 2.75) is 208 Å². The lowest BCUT2D eigenvalue weighted by molar-refractivity contribution is 0.558. The van der Waals surface area contributed by atoms with Crippen LogP contribution in [0, 0.1) is 59.2 Å². The Morgan fingerprint density at radius 3 is 0.567 bits per heavy atom. The van der Waals surface area contributed by atoms with E-state index in [9.17, 15) is 0 Å². The fourth-order valence-corrected chi connectivity index (χ4v) is 3.50. The second kappa shape index (κ2) is 102. The van der Waals surface area contributed by atoms with Crippen molar-refractivity contribution in [3.05, 3.63) is 218 Å². The molecule has 11 nitrogen and oxygen atoms in total. The molecule has 10 aromatic heterocycles. The van der Waals surface area contributed by atoms with E-state index in [0.717, 1.165) is 59.2 Å². The highest BCUT2D eigenvalue weighted by Gasteiger charge is 1.73. The number of furan rings is 2. The minimum absolute atomic E-state index is 0.833. The molecule has 0 bridgehead atoms. The molecule has 0 aliphatic carbocycles. The van der Waals surface area contributed by atoms with E-state index in [1.807, 2.05) is 124 Å². The predicted octanol–water partition coefficient (Wildman–Crippen LogP) is 27.3. The fraction of sp³-hybridized carbons (Fsp3) is 0.526. The Morgan fingerprint density at radius 1 is 0.233 bits per heavy atom. The first-order valence-electron chi connectivity index (χ1n) is 31.9. The van der Waals surface area contributed by atoms with E-state index in [1.165, 1.54) is 12.7 Å². The highest BCUT2D eigenvalue weighted by molar-refractivity contribution is 7.08. The van der Waals surface area contributed by atoms with Crippen LogP contribution in [0.1, 0.15) is 208 Å². The lowest BCUT2D eigenvalue weighted by Crippen LogP contribution is -1.66. The lowest BCUT2D eigenvalue weighted by Gasteiger charge is -1.79. The minimum Gasteiger partial charge on any atom is -0.473 e. The molecule has 90 heavy (non-hydrogen) atoms. The van der Waals surface area contributed by atoms with Crippen LogP contribution in [0.25, 0.3) is 0 Å². The molecule has 520 valence electrons. The summed E-state index contributed by atoms with van der Waals surface area (Å²) in [7, 11) is 0. The van der Waals surface area contributed by atoms with Gasteiger partial charge in [0.15, 0.2) is 6.39 Å². The van der Waals surface area contributed by atoms with Crippen molar-refractivity contribution >= 4 is 34.0 Å². The van der Waals surface area contributed by atoms with Crippen molar-refractivity contribution in [2.75, 3.05) is 0 Å². The predicted molar refractivity (Wildman–Crippen MR) is 409 cm³/mol. The number of thiophene rings is 2. The molecule has 0 amide bonds. The third kappa shape index (κ3) is 278. The van der Waals surface area contributed by atoms with Gasteiger partial charge in [-0.05, 0) is 129 Å². The molecule has 14 heteroatoms. The van der Waals surface area contributed by atoms with Gasteiger partial charge in [0.05, 0.1) is 49.4 Å². The Morgan fingerprint density at radius 2 is 0.500 bits per heavy atom. The first-order chi connectivity index (χ1) is 42.3. The molecule has 10 rings (SSSR count). The summed E-state index contributed by atoms with van der Waals surface area (Å²) < 4.78 is 13.6. The lowest BCUT2D eigenvalue weighted by atomic mass is 10.3. The minimum atomic E-state index is 0.833. The smallest absolute Gasteiger partial charge is 0.180 e.